The molecule has 0 saturated carbocycles. The number of fused-ring (bicyclic) bond motifs is 1. The van der Waals surface area contributed by atoms with E-state index < -0.39 is 5.92 Å². The Hall–Kier alpha value is -1.63. The molecule has 4 heteroatoms. The third-order valence-corrected chi connectivity index (χ3v) is 5.30. The Morgan fingerprint density at radius 1 is 1.29 bits per heavy atom. The molecule has 21 heavy (non-hydrogen) atoms. The molecule has 1 aromatic carbocycles. The molecule has 2 aromatic rings. The van der Waals surface area contributed by atoms with Crippen molar-refractivity contribution in [2.45, 2.75) is 31.6 Å². The Labute approximate surface area is 133 Å². The lowest BCUT2D eigenvalue weighted by Gasteiger charge is -2.08. The van der Waals surface area contributed by atoms with Gasteiger partial charge < -0.3 is 0 Å². The van der Waals surface area contributed by atoms with Crippen LogP contribution in [0.4, 0.5) is 0 Å². The first-order valence-corrected chi connectivity index (χ1v) is 8.19. The van der Waals surface area contributed by atoms with Gasteiger partial charge in [-0.2, -0.15) is 5.26 Å². The molecule has 106 valence electrons. The highest BCUT2D eigenvalue weighted by molar-refractivity contribution is 7.14. The number of aryl methyl sites for hydroxylation is 2. The molecular weight excluding hydrogens is 302 g/mol. The normalized spacial score (nSPS) is 15.0. The van der Waals surface area contributed by atoms with E-state index in [9.17, 15) is 10.1 Å². The molecule has 1 aliphatic rings. The minimum absolute atomic E-state index is 0.112. The van der Waals surface area contributed by atoms with Crippen LogP contribution in [0.1, 0.15) is 44.4 Å². The highest BCUT2D eigenvalue weighted by Crippen LogP contribution is 2.33. The maximum Gasteiger partial charge on any atom is 0.194 e. The van der Waals surface area contributed by atoms with Gasteiger partial charge in [0.25, 0.3) is 0 Å². The van der Waals surface area contributed by atoms with Crippen molar-refractivity contribution in [2.24, 2.45) is 0 Å². The third-order valence-electron chi connectivity index (χ3n) is 3.81. The van der Waals surface area contributed by atoms with Gasteiger partial charge in [-0.05, 0) is 55.0 Å². The quantitative estimate of drug-likeness (QED) is 0.765. The van der Waals surface area contributed by atoms with Gasteiger partial charge in [0.15, 0.2) is 5.78 Å². The first-order valence-electron chi connectivity index (χ1n) is 7.00. The van der Waals surface area contributed by atoms with Crippen LogP contribution >= 0.6 is 22.9 Å². The van der Waals surface area contributed by atoms with Gasteiger partial charge in [-0.3, -0.25) is 4.79 Å². The van der Waals surface area contributed by atoms with Crippen LogP contribution in [0.2, 0.25) is 5.02 Å². The molecule has 1 atom stereocenters. The van der Waals surface area contributed by atoms with E-state index in [0.717, 1.165) is 12.8 Å². The smallest absolute Gasteiger partial charge is 0.194 e. The van der Waals surface area contributed by atoms with Crippen molar-refractivity contribution in [1.82, 2.24) is 0 Å². The molecule has 0 N–H and O–H groups in total. The summed E-state index contributed by atoms with van der Waals surface area (Å²) < 4.78 is 0. The summed E-state index contributed by atoms with van der Waals surface area (Å²) in [5, 5.41) is 9.94. The molecule has 0 aliphatic heterocycles. The molecule has 1 aromatic heterocycles. The van der Waals surface area contributed by atoms with Crippen LogP contribution in [0.3, 0.4) is 0 Å². The highest BCUT2D eigenvalue weighted by Gasteiger charge is 2.25. The maximum atomic E-state index is 12.7. The Kier molecular flexibility index (Phi) is 4.10. The minimum Gasteiger partial charge on any atom is -0.291 e. The molecule has 0 radical (unpaired) electrons. The van der Waals surface area contributed by atoms with Crippen LogP contribution < -0.4 is 0 Å². The minimum atomic E-state index is -0.774. The van der Waals surface area contributed by atoms with Crippen molar-refractivity contribution in [1.29, 1.82) is 5.26 Å². The molecule has 0 saturated heterocycles. The second-order valence-corrected chi connectivity index (χ2v) is 6.82. The van der Waals surface area contributed by atoms with E-state index in [1.54, 1.807) is 35.6 Å². The fourth-order valence-corrected chi connectivity index (χ4v) is 4.15. The van der Waals surface area contributed by atoms with E-state index in [0.29, 0.717) is 15.5 Å². The van der Waals surface area contributed by atoms with E-state index in [-0.39, 0.29) is 5.78 Å². The zero-order valence-corrected chi connectivity index (χ0v) is 13.0. The molecule has 3 rings (SSSR count). The molecule has 0 amide bonds. The van der Waals surface area contributed by atoms with E-state index >= 15 is 0 Å². The molecule has 1 unspecified atom stereocenters. The topological polar surface area (TPSA) is 40.9 Å². The molecule has 0 spiro atoms. The number of nitriles is 1. The van der Waals surface area contributed by atoms with Gasteiger partial charge in [-0.15, -0.1) is 11.3 Å². The number of halogens is 1. The summed E-state index contributed by atoms with van der Waals surface area (Å²) in [6.45, 7) is 0. The average molecular weight is 316 g/mol. The molecule has 0 bridgehead atoms. The van der Waals surface area contributed by atoms with Crippen LogP contribution in [-0.4, -0.2) is 5.78 Å². The number of benzene rings is 1. The number of carbonyl (C=O) groups excluding carboxylic acids is 1. The third kappa shape index (κ3) is 2.88. The number of thiophene rings is 1. The summed E-state index contributed by atoms with van der Waals surface area (Å²) in [7, 11) is 0. The van der Waals surface area contributed by atoms with Crippen molar-refractivity contribution in [3.8, 4) is 6.07 Å². The summed E-state index contributed by atoms with van der Waals surface area (Å²) in [4.78, 5) is 14.7. The van der Waals surface area contributed by atoms with E-state index in [1.165, 1.54) is 23.3 Å². The summed E-state index contributed by atoms with van der Waals surface area (Å²) in [5.74, 6) is -0.886. The van der Waals surface area contributed by atoms with Crippen molar-refractivity contribution < 1.29 is 4.79 Å². The number of Topliss-reactive ketones (excluding diaryl/α,β-unsaturated/α-hetero) is 1. The van der Waals surface area contributed by atoms with Gasteiger partial charge in [0.05, 0.1) is 10.9 Å². The van der Waals surface area contributed by atoms with E-state index in [2.05, 4.69) is 6.07 Å². The first-order chi connectivity index (χ1) is 10.2. The van der Waals surface area contributed by atoms with Crippen LogP contribution in [0.15, 0.2) is 30.3 Å². The predicted molar refractivity (Wildman–Crippen MR) is 85.1 cm³/mol. The number of hydrogen-bond donors (Lipinski definition) is 0. The largest absolute Gasteiger partial charge is 0.291 e. The summed E-state index contributed by atoms with van der Waals surface area (Å²) >= 11 is 7.51. The Morgan fingerprint density at radius 2 is 2.10 bits per heavy atom. The number of ketones is 1. The highest BCUT2D eigenvalue weighted by atomic mass is 35.5. The van der Waals surface area contributed by atoms with Crippen LogP contribution in [0, 0.1) is 11.3 Å². The zero-order chi connectivity index (χ0) is 14.8. The van der Waals surface area contributed by atoms with Gasteiger partial charge in [-0.25, -0.2) is 0 Å². The van der Waals surface area contributed by atoms with E-state index in [4.69, 9.17) is 11.6 Å². The second-order valence-electron chi connectivity index (χ2n) is 5.25. The monoisotopic (exact) mass is 315 g/mol. The second kappa shape index (κ2) is 6.01. The lowest BCUT2D eigenvalue weighted by Crippen LogP contribution is -2.09. The van der Waals surface area contributed by atoms with Gasteiger partial charge in [0.2, 0.25) is 0 Å². The van der Waals surface area contributed by atoms with Gasteiger partial charge in [-0.1, -0.05) is 23.7 Å². The number of carbonyl (C=O) groups is 1. The number of hydrogen-bond acceptors (Lipinski definition) is 3. The van der Waals surface area contributed by atoms with Gasteiger partial charge >= 0.3 is 0 Å². The van der Waals surface area contributed by atoms with Crippen molar-refractivity contribution in [3.05, 3.63) is 56.2 Å². The Balaban J connectivity index is 1.92. The lowest BCUT2D eigenvalue weighted by molar-refractivity contribution is 0.0982. The molecule has 0 fully saturated rings. The molecule has 1 heterocycles. The average Bonchev–Trinajstić information content (AvgIpc) is 2.92. The van der Waals surface area contributed by atoms with E-state index in [1.807, 2.05) is 6.07 Å². The van der Waals surface area contributed by atoms with Crippen molar-refractivity contribution >= 4 is 28.7 Å². The summed E-state index contributed by atoms with van der Waals surface area (Å²) in [5.41, 5.74) is 1.96. The maximum absolute atomic E-state index is 12.7. The Morgan fingerprint density at radius 3 is 2.81 bits per heavy atom. The number of rotatable bonds is 3. The summed E-state index contributed by atoms with van der Waals surface area (Å²) in [6, 6.07) is 11.1. The van der Waals surface area contributed by atoms with Gasteiger partial charge in [0.1, 0.15) is 5.92 Å². The summed E-state index contributed by atoms with van der Waals surface area (Å²) in [6.07, 6.45) is 4.49. The molecule has 2 nitrogen and oxygen atoms in total. The van der Waals surface area contributed by atoms with Crippen LogP contribution in [-0.2, 0) is 12.8 Å². The lowest BCUT2D eigenvalue weighted by atomic mass is 9.94. The van der Waals surface area contributed by atoms with Crippen LogP contribution in [0.5, 0.6) is 0 Å². The number of nitrogens with zero attached hydrogens (tertiary/aromatic N) is 1. The standard InChI is InChI=1S/C17H14ClNOS/c18-13-6-3-5-11(8-13)14(10-19)17(20)16-9-12-4-1-2-7-15(12)21-16/h3,5-6,8-9,14H,1-2,4,7H2. The SMILES string of the molecule is N#CC(C(=O)c1cc2c(s1)CCCC2)c1cccc(Cl)c1. The van der Waals surface area contributed by atoms with Gasteiger partial charge in [0, 0.05) is 9.90 Å². The fourth-order valence-electron chi connectivity index (χ4n) is 2.73. The predicted octanol–water partition coefficient (Wildman–Crippen LogP) is 4.77. The van der Waals surface area contributed by atoms with Crippen LogP contribution in [0.25, 0.3) is 0 Å². The Bertz CT molecular complexity index is 705. The molecule has 1 aliphatic carbocycles. The fraction of sp³-hybridized carbons (Fsp3) is 0.294. The van der Waals surface area contributed by atoms with Crippen molar-refractivity contribution in [3.63, 3.8) is 0 Å². The van der Waals surface area contributed by atoms with Crippen molar-refractivity contribution in [2.75, 3.05) is 0 Å². The zero-order valence-electron chi connectivity index (χ0n) is 11.4. The first kappa shape index (κ1) is 14.3. The molecular formula is C17H14ClNOS.